The lowest BCUT2D eigenvalue weighted by Crippen LogP contribution is -1.93. The Balaban J connectivity index is 1.96. The number of aryl methyl sites for hydroxylation is 1. The summed E-state index contributed by atoms with van der Waals surface area (Å²) in [5.41, 5.74) is 1.46. The fraction of sp³-hybridized carbons (Fsp3) is 0.167. The second kappa shape index (κ2) is 4.61. The highest BCUT2D eigenvalue weighted by Crippen LogP contribution is 2.13. The molecule has 0 N–H and O–H groups in total. The van der Waals surface area contributed by atoms with Crippen LogP contribution in [-0.4, -0.2) is 11.4 Å². The lowest BCUT2D eigenvalue weighted by atomic mass is 10.2. The van der Waals surface area contributed by atoms with Gasteiger partial charge in [0.2, 0.25) is 0 Å². The summed E-state index contributed by atoms with van der Waals surface area (Å²) in [7, 11) is 0. The zero-order valence-electron chi connectivity index (χ0n) is 8.84. The van der Waals surface area contributed by atoms with Gasteiger partial charge in [-0.3, -0.25) is 4.79 Å². The molecule has 1 aromatic heterocycles. The third-order valence-electron chi connectivity index (χ3n) is 2.07. The molecule has 0 bridgehead atoms. The van der Waals surface area contributed by atoms with Gasteiger partial charge in [0.05, 0.1) is 5.69 Å². The van der Waals surface area contributed by atoms with Gasteiger partial charge < -0.3 is 9.26 Å². The van der Waals surface area contributed by atoms with Crippen molar-refractivity contribution >= 4 is 6.29 Å². The van der Waals surface area contributed by atoms with Crippen LogP contribution in [0, 0.1) is 6.92 Å². The van der Waals surface area contributed by atoms with Crippen molar-refractivity contribution in [3.05, 3.63) is 47.3 Å². The molecule has 16 heavy (non-hydrogen) atoms. The van der Waals surface area contributed by atoms with Crippen LogP contribution >= 0.6 is 0 Å². The molecule has 4 nitrogen and oxygen atoms in total. The Morgan fingerprint density at radius 1 is 1.38 bits per heavy atom. The van der Waals surface area contributed by atoms with Crippen molar-refractivity contribution in [2.75, 3.05) is 0 Å². The maximum atomic E-state index is 10.4. The zero-order valence-corrected chi connectivity index (χ0v) is 8.84. The van der Waals surface area contributed by atoms with E-state index in [0.717, 1.165) is 12.0 Å². The van der Waals surface area contributed by atoms with E-state index in [9.17, 15) is 4.79 Å². The fourth-order valence-electron chi connectivity index (χ4n) is 1.28. The molecule has 1 aromatic carbocycles. The highest BCUT2D eigenvalue weighted by molar-refractivity contribution is 5.74. The van der Waals surface area contributed by atoms with Crippen molar-refractivity contribution in [1.82, 2.24) is 5.16 Å². The molecule has 2 aromatic rings. The van der Waals surface area contributed by atoms with Gasteiger partial charge in [-0.25, -0.2) is 0 Å². The topological polar surface area (TPSA) is 52.3 Å². The van der Waals surface area contributed by atoms with E-state index in [1.54, 1.807) is 24.3 Å². The summed E-state index contributed by atoms with van der Waals surface area (Å²) < 4.78 is 10.5. The summed E-state index contributed by atoms with van der Waals surface area (Å²) in [6, 6.07) is 8.71. The molecule has 0 saturated carbocycles. The highest BCUT2D eigenvalue weighted by atomic mass is 16.5. The van der Waals surface area contributed by atoms with Crippen LogP contribution in [0.4, 0.5) is 0 Å². The first-order chi connectivity index (χ1) is 7.78. The molecule has 0 amide bonds. The number of hydrogen-bond acceptors (Lipinski definition) is 4. The van der Waals surface area contributed by atoms with Crippen LogP contribution in [0.1, 0.15) is 21.8 Å². The monoisotopic (exact) mass is 217 g/mol. The molecule has 0 aliphatic carbocycles. The van der Waals surface area contributed by atoms with Gasteiger partial charge in [-0.2, -0.15) is 0 Å². The second-order valence-electron chi connectivity index (χ2n) is 3.41. The van der Waals surface area contributed by atoms with Crippen LogP contribution in [0.25, 0.3) is 0 Å². The minimum Gasteiger partial charge on any atom is -0.486 e. The molecule has 0 radical (unpaired) electrons. The van der Waals surface area contributed by atoms with E-state index in [2.05, 4.69) is 5.16 Å². The predicted molar refractivity (Wildman–Crippen MR) is 57.4 cm³/mol. The molecule has 0 aliphatic rings. The summed E-state index contributed by atoms with van der Waals surface area (Å²) >= 11 is 0. The molecule has 82 valence electrons. The van der Waals surface area contributed by atoms with Gasteiger partial charge in [0.15, 0.2) is 5.76 Å². The Hall–Kier alpha value is -2.10. The van der Waals surface area contributed by atoms with Gasteiger partial charge in [-0.05, 0) is 31.2 Å². The van der Waals surface area contributed by atoms with Gasteiger partial charge in [-0.1, -0.05) is 5.16 Å². The summed E-state index contributed by atoms with van der Waals surface area (Å²) in [4.78, 5) is 10.4. The molecular weight excluding hydrogens is 206 g/mol. The molecule has 0 unspecified atom stereocenters. The quantitative estimate of drug-likeness (QED) is 0.738. The second-order valence-corrected chi connectivity index (χ2v) is 3.41. The van der Waals surface area contributed by atoms with E-state index in [4.69, 9.17) is 9.26 Å². The van der Waals surface area contributed by atoms with Crippen LogP contribution in [-0.2, 0) is 6.61 Å². The van der Waals surface area contributed by atoms with Crippen molar-refractivity contribution in [3.8, 4) is 5.75 Å². The van der Waals surface area contributed by atoms with Crippen molar-refractivity contribution in [2.45, 2.75) is 13.5 Å². The molecule has 0 aliphatic heterocycles. The lowest BCUT2D eigenvalue weighted by molar-refractivity contribution is 0.112. The highest BCUT2D eigenvalue weighted by Gasteiger charge is 2.01. The zero-order chi connectivity index (χ0) is 11.4. The number of aldehydes is 1. The number of nitrogens with zero attached hydrogens (tertiary/aromatic N) is 1. The van der Waals surface area contributed by atoms with Gasteiger partial charge in [0, 0.05) is 11.6 Å². The average Bonchev–Trinajstić information content (AvgIpc) is 2.73. The van der Waals surface area contributed by atoms with E-state index < -0.39 is 0 Å². The van der Waals surface area contributed by atoms with Crippen molar-refractivity contribution in [3.63, 3.8) is 0 Å². The van der Waals surface area contributed by atoms with Gasteiger partial charge in [-0.15, -0.1) is 0 Å². The van der Waals surface area contributed by atoms with Crippen LogP contribution in [0.2, 0.25) is 0 Å². The number of benzene rings is 1. The van der Waals surface area contributed by atoms with E-state index in [0.29, 0.717) is 23.7 Å². The Morgan fingerprint density at radius 2 is 2.12 bits per heavy atom. The molecule has 1 heterocycles. The average molecular weight is 217 g/mol. The summed E-state index contributed by atoms with van der Waals surface area (Å²) in [6.45, 7) is 2.19. The maximum absolute atomic E-state index is 10.4. The van der Waals surface area contributed by atoms with Crippen molar-refractivity contribution in [2.24, 2.45) is 0 Å². The number of ether oxygens (including phenoxy) is 1. The SMILES string of the molecule is Cc1cc(COc2ccc(C=O)cc2)on1. The number of rotatable bonds is 4. The summed E-state index contributed by atoms with van der Waals surface area (Å²) in [5, 5.41) is 3.75. The van der Waals surface area contributed by atoms with E-state index >= 15 is 0 Å². The number of hydrogen-bond donors (Lipinski definition) is 0. The summed E-state index contributed by atoms with van der Waals surface area (Å²) in [5.74, 6) is 1.37. The Morgan fingerprint density at radius 3 is 2.69 bits per heavy atom. The van der Waals surface area contributed by atoms with Gasteiger partial charge >= 0.3 is 0 Å². The largest absolute Gasteiger partial charge is 0.486 e. The molecule has 4 heteroatoms. The summed E-state index contributed by atoms with van der Waals surface area (Å²) in [6.07, 6.45) is 0.795. The first-order valence-electron chi connectivity index (χ1n) is 4.88. The molecule has 0 atom stereocenters. The van der Waals surface area contributed by atoms with E-state index in [1.165, 1.54) is 0 Å². The minimum atomic E-state index is 0.335. The molecule has 0 saturated heterocycles. The Labute approximate surface area is 92.8 Å². The van der Waals surface area contributed by atoms with Gasteiger partial charge in [0.25, 0.3) is 0 Å². The smallest absolute Gasteiger partial charge is 0.174 e. The standard InChI is InChI=1S/C12H11NO3/c1-9-6-12(16-13-9)8-15-11-4-2-10(7-14)3-5-11/h2-7H,8H2,1H3. The van der Waals surface area contributed by atoms with Crippen LogP contribution < -0.4 is 4.74 Å². The van der Waals surface area contributed by atoms with Gasteiger partial charge in [0.1, 0.15) is 18.6 Å². The third-order valence-corrected chi connectivity index (χ3v) is 2.07. The number of carbonyl (C=O) groups excluding carboxylic acids is 1. The van der Waals surface area contributed by atoms with Crippen LogP contribution in [0.3, 0.4) is 0 Å². The normalized spacial score (nSPS) is 10.1. The predicted octanol–water partition coefficient (Wildman–Crippen LogP) is 2.37. The molecule has 2 rings (SSSR count). The minimum absolute atomic E-state index is 0.335. The fourth-order valence-corrected chi connectivity index (χ4v) is 1.28. The van der Waals surface area contributed by atoms with Crippen molar-refractivity contribution < 1.29 is 14.1 Å². The first-order valence-corrected chi connectivity index (χ1v) is 4.88. The number of carbonyl (C=O) groups is 1. The third kappa shape index (κ3) is 2.48. The van der Waals surface area contributed by atoms with Crippen LogP contribution in [0.15, 0.2) is 34.9 Å². The maximum Gasteiger partial charge on any atom is 0.174 e. The van der Waals surface area contributed by atoms with Crippen LogP contribution in [0.5, 0.6) is 5.75 Å². The Bertz CT molecular complexity index is 473. The molecular formula is C12H11NO3. The molecule has 0 fully saturated rings. The van der Waals surface area contributed by atoms with E-state index in [1.807, 2.05) is 13.0 Å². The Kier molecular flexibility index (Phi) is 3.00. The molecule has 0 spiro atoms. The number of aromatic nitrogens is 1. The van der Waals surface area contributed by atoms with Crippen molar-refractivity contribution in [1.29, 1.82) is 0 Å². The van der Waals surface area contributed by atoms with E-state index in [-0.39, 0.29) is 0 Å². The first kappa shape index (κ1) is 10.4. The lowest BCUT2D eigenvalue weighted by Gasteiger charge is -2.02.